The minimum atomic E-state index is -0.865. The van der Waals surface area contributed by atoms with Gasteiger partial charge in [-0.25, -0.2) is 9.78 Å². The summed E-state index contributed by atoms with van der Waals surface area (Å²) in [6, 6.07) is 0. The maximum absolute atomic E-state index is 10.9. The molecule has 0 aromatic carbocycles. The summed E-state index contributed by atoms with van der Waals surface area (Å²) in [6.07, 6.45) is 2.53. The van der Waals surface area contributed by atoms with E-state index in [0.717, 1.165) is 12.8 Å². The summed E-state index contributed by atoms with van der Waals surface area (Å²) >= 11 is 0. The van der Waals surface area contributed by atoms with Crippen LogP contribution in [0.4, 0.5) is 0 Å². The number of carboxylic acid groups (broad SMARTS) is 1. The lowest BCUT2D eigenvalue weighted by molar-refractivity contribution is -0.362. The summed E-state index contributed by atoms with van der Waals surface area (Å²) in [7, 11) is 0. The van der Waals surface area contributed by atoms with Crippen molar-refractivity contribution in [3.8, 4) is 0 Å². The van der Waals surface area contributed by atoms with Crippen LogP contribution in [0.15, 0.2) is 0 Å². The largest absolute Gasteiger partial charge is 0.481 e. The van der Waals surface area contributed by atoms with Crippen LogP contribution in [0.3, 0.4) is 0 Å². The molecule has 4 heteroatoms. The van der Waals surface area contributed by atoms with Gasteiger partial charge in [0, 0.05) is 0 Å². The average Bonchev–Trinajstić information content (AvgIpc) is 2.07. The van der Waals surface area contributed by atoms with Crippen molar-refractivity contribution in [1.29, 1.82) is 0 Å². The van der Waals surface area contributed by atoms with Crippen molar-refractivity contribution in [2.45, 2.75) is 65.9 Å². The van der Waals surface area contributed by atoms with Crippen LogP contribution in [0.25, 0.3) is 0 Å². The Labute approximate surface area is 104 Å². The fourth-order valence-corrected chi connectivity index (χ4v) is 1.95. The SMILES string of the molecule is CCCCOOC(C)(CC(=O)O)CC(C)(C)C. The van der Waals surface area contributed by atoms with E-state index in [9.17, 15) is 4.79 Å². The van der Waals surface area contributed by atoms with E-state index >= 15 is 0 Å². The summed E-state index contributed by atoms with van der Waals surface area (Å²) < 4.78 is 0. The van der Waals surface area contributed by atoms with Crippen LogP contribution in [-0.4, -0.2) is 23.3 Å². The highest BCUT2D eigenvalue weighted by Crippen LogP contribution is 2.32. The Kier molecular flexibility index (Phi) is 6.72. The highest BCUT2D eigenvalue weighted by Gasteiger charge is 2.34. The third kappa shape index (κ3) is 9.12. The van der Waals surface area contributed by atoms with Gasteiger partial charge in [0.1, 0.15) is 5.60 Å². The van der Waals surface area contributed by atoms with E-state index in [1.807, 2.05) is 0 Å². The van der Waals surface area contributed by atoms with Crippen molar-refractivity contribution in [2.24, 2.45) is 5.41 Å². The fraction of sp³-hybridized carbons (Fsp3) is 0.923. The normalized spacial score (nSPS) is 15.6. The lowest BCUT2D eigenvalue weighted by atomic mass is 9.81. The van der Waals surface area contributed by atoms with Crippen molar-refractivity contribution >= 4 is 5.97 Å². The Morgan fingerprint density at radius 2 is 1.82 bits per heavy atom. The maximum Gasteiger partial charge on any atom is 0.306 e. The molecule has 17 heavy (non-hydrogen) atoms. The first-order valence-electron chi connectivity index (χ1n) is 6.21. The van der Waals surface area contributed by atoms with Crippen LogP contribution in [0, 0.1) is 5.41 Å². The van der Waals surface area contributed by atoms with E-state index < -0.39 is 11.6 Å². The van der Waals surface area contributed by atoms with E-state index in [4.69, 9.17) is 14.9 Å². The second-order valence-corrected chi connectivity index (χ2v) is 6.02. The molecule has 1 N–H and O–H groups in total. The Morgan fingerprint density at radius 1 is 1.24 bits per heavy atom. The van der Waals surface area contributed by atoms with E-state index in [2.05, 4.69) is 27.7 Å². The Balaban J connectivity index is 4.34. The molecule has 0 aromatic heterocycles. The van der Waals surface area contributed by atoms with Gasteiger partial charge in [0.2, 0.25) is 0 Å². The van der Waals surface area contributed by atoms with E-state index in [1.165, 1.54) is 0 Å². The molecule has 0 amide bonds. The van der Waals surface area contributed by atoms with Gasteiger partial charge in [-0.3, -0.25) is 4.79 Å². The van der Waals surface area contributed by atoms with Gasteiger partial charge in [-0.05, 0) is 25.2 Å². The zero-order chi connectivity index (χ0) is 13.5. The summed E-state index contributed by atoms with van der Waals surface area (Å²) in [6.45, 7) is 10.5. The molecule has 0 spiro atoms. The second kappa shape index (κ2) is 6.97. The van der Waals surface area contributed by atoms with Gasteiger partial charge in [-0.2, -0.15) is 0 Å². The molecule has 0 radical (unpaired) electrons. The average molecular weight is 246 g/mol. The van der Waals surface area contributed by atoms with Gasteiger partial charge in [0.25, 0.3) is 0 Å². The molecule has 4 nitrogen and oxygen atoms in total. The number of aliphatic carboxylic acids is 1. The zero-order valence-electron chi connectivity index (χ0n) is 11.7. The Bertz CT molecular complexity index is 232. The molecule has 0 aliphatic rings. The first-order valence-corrected chi connectivity index (χ1v) is 6.21. The van der Waals surface area contributed by atoms with Gasteiger partial charge in [-0.1, -0.05) is 34.1 Å². The number of carboxylic acids is 1. The summed E-state index contributed by atoms with van der Waals surface area (Å²) in [5.41, 5.74) is -0.768. The monoisotopic (exact) mass is 246 g/mol. The molecule has 0 aliphatic heterocycles. The predicted molar refractivity (Wildman–Crippen MR) is 66.7 cm³/mol. The summed E-state index contributed by atoms with van der Waals surface area (Å²) in [5.74, 6) is -0.865. The van der Waals surface area contributed by atoms with Crippen molar-refractivity contribution < 1.29 is 19.7 Å². The number of hydrogen-bond donors (Lipinski definition) is 1. The molecule has 0 rings (SSSR count). The van der Waals surface area contributed by atoms with Crippen molar-refractivity contribution in [3.05, 3.63) is 0 Å². The molecule has 0 heterocycles. The van der Waals surface area contributed by atoms with Crippen LogP contribution in [0.2, 0.25) is 0 Å². The molecule has 0 fully saturated rings. The van der Waals surface area contributed by atoms with Crippen LogP contribution in [0.1, 0.15) is 60.3 Å². The Hall–Kier alpha value is -0.610. The zero-order valence-corrected chi connectivity index (χ0v) is 11.7. The molecular weight excluding hydrogens is 220 g/mol. The number of carbonyl (C=O) groups is 1. The van der Waals surface area contributed by atoms with Crippen molar-refractivity contribution in [3.63, 3.8) is 0 Å². The quantitative estimate of drug-likeness (QED) is 0.405. The van der Waals surface area contributed by atoms with Crippen molar-refractivity contribution in [2.75, 3.05) is 6.61 Å². The van der Waals surface area contributed by atoms with Gasteiger partial charge in [0.15, 0.2) is 0 Å². The smallest absolute Gasteiger partial charge is 0.306 e. The summed E-state index contributed by atoms with van der Waals surface area (Å²) in [4.78, 5) is 21.3. The first-order chi connectivity index (χ1) is 7.68. The van der Waals surface area contributed by atoms with Gasteiger partial charge >= 0.3 is 5.97 Å². The van der Waals surface area contributed by atoms with Gasteiger partial charge < -0.3 is 5.11 Å². The van der Waals surface area contributed by atoms with E-state index in [-0.39, 0.29) is 11.8 Å². The van der Waals surface area contributed by atoms with Crippen LogP contribution >= 0.6 is 0 Å². The number of unbranched alkanes of at least 4 members (excludes halogenated alkanes) is 1. The van der Waals surface area contributed by atoms with E-state index in [1.54, 1.807) is 6.92 Å². The predicted octanol–water partition coefficient (Wildman–Crippen LogP) is 3.40. The Morgan fingerprint density at radius 3 is 2.24 bits per heavy atom. The lowest BCUT2D eigenvalue weighted by Crippen LogP contribution is -2.36. The standard InChI is InChI=1S/C13H26O4/c1-6-7-8-16-17-13(5,9-11(14)15)10-12(2,3)4/h6-10H2,1-5H3,(H,14,15). The minimum Gasteiger partial charge on any atom is -0.481 e. The molecule has 0 saturated carbocycles. The highest BCUT2D eigenvalue weighted by atomic mass is 17.2. The van der Waals surface area contributed by atoms with Gasteiger partial charge in [-0.15, -0.1) is 0 Å². The molecule has 1 unspecified atom stereocenters. The first kappa shape index (κ1) is 16.4. The van der Waals surface area contributed by atoms with Crippen molar-refractivity contribution in [1.82, 2.24) is 0 Å². The topological polar surface area (TPSA) is 55.8 Å². The summed E-state index contributed by atoms with van der Waals surface area (Å²) in [5, 5.41) is 8.91. The number of hydrogen-bond acceptors (Lipinski definition) is 3. The fourth-order valence-electron chi connectivity index (χ4n) is 1.95. The van der Waals surface area contributed by atoms with Gasteiger partial charge in [0.05, 0.1) is 13.0 Å². The molecule has 102 valence electrons. The minimum absolute atomic E-state index is 0.00167. The van der Waals surface area contributed by atoms with Crippen LogP contribution < -0.4 is 0 Å². The highest BCUT2D eigenvalue weighted by molar-refractivity contribution is 5.68. The molecule has 0 bridgehead atoms. The third-order valence-corrected chi connectivity index (χ3v) is 2.27. The van der Waals surface area contributed by atoms with E-state index in [0.29, 0.717) is 13.0 Å². The molecule has 0 aliphatic carbocycles. The molecular formula is C13H26O4. The third-order valence-electron chi connectivity index (χ3n) is 2.27. The molecule has 0 aromatic rings. The van der Waals surface area contributed by atoms with Crippen LogP contribution in [-0.2, 0) is 14.6 Å². The van der Waals surface area contributed by atoms with Crippen LogP contribution in [0.5, 0.6) is 0 Å². The maximum atomic E-state index is 10.9. The lowest BCUT2D eigenvalue weighted by Gasteiger charge is -2.33. The molecule has 1 atom stereocenters. The second-order valence-electron chi connectivity index (χ2n) is 6.02. The number of rotatable bonds is 8. The molecule has 0 saturated heterocycles.